The van der Waals surface area contributed by atoms with Crippen LogP contribution in [0.5, 0.6) is 0 Å². The lowest BCUT2D eigenvalue weighted by Gasteiger charge is -1.98. The lowest BCUT2D eigenvalue weighted by atomic mass is 10.2. The number of rotatable bonds is 4. The van der Waals surface area contributed by atoms with Gasteiger partial charge >= 0.3 is 5.97 Å². The van der Waals surface area contributed by atoms with Crippen molar-refractivity contribution in [1.29, 1.82) is 0 Å². The molecule has 1 rings (SSSR count). The van der Waals surface area contributed by atoms with Crippen LogP contribution in [0.3, 0.4) is 0 Å². The zero-order chi connectivity index (χ0) is 10.6. The minimum Gasteiger partial charge on any atom is -0.481 e. The number of nitrogens with one attached hydrogen (secondary N) is 1. The number of hydrogen-bond acceptors (Lipinski definition) is 4. The number of carboxylic acid groups (broad SMARTS) is 1. The van der Waals surface area contributed by atoms with Crippen LogP contribution in [0, 0.1) is 0 Å². The SMILES string of the molecule is CCSc1ncc(CC(=O)O)c(=O)[nH]1. The fourth-order valence-corrected chi connectivity index (χ4v) is 1.47. The normalized spacial score (nSPS) is 10.1. The van der Waals surface area contributed by atoms with Crippen LogP contribution in [-0.4, -0.2) is 26.8 Å². The summed E-state index contributed by atoms with van der Waals surface area (Å²) >= 11 is 1.40. The summed E-state index contributed by atoms with van der Waals surface area (Å²) < 4.78 is 0. The lowest BCUT2D eigenvalue weighted by molar-refractivity contribution is -0.136. The number of aliphatic carboxylic acids is 1. The first-order valence-corrected chi connectivity index (χ1v) is 5.04. The van der Waals surface area contributed by atoms with E-state index < -0.39 is 5.97 Å². The summed E-state index contributed by atoms with van der Waals surface area (Å²) in [6.07, 6.45) is 1.02. The molecule has 0 amide bonds. The van der Waals surface area contributed by atoms with Gasteiger partial charge in [-0.25, -0.2) is 4.98 Å². The highest BCUT2D eigenvalue weighted by Gasteiger charge is 2.06. The van der Waals surface area contributed by atoms with Gasteiger partial charge in [-0.3, -0.25) is 9.59 Å². The third kappa shape index (κ3) is 2.88. The molecule has 0 radical (unpaired) electrons. The Morgan fingerprint density at radius 1 is 1.71 bits per heavy atom. The molecule has 0 saturated heterocycles. The van der Waals surface area contributed by atoms with E-state index in [0.29, 0.717) is 5.16 Å². The molecule has 6 heteroatoms. The zero-order valence-electron chi connectivity index (χ0n) is 7.61. The highest BCUT2D eigenvalue weighted by molar-refractivity contribution is 7.99. The van der Waals surface area contributed by atoms with E-state index in [0.717, 1.165) is 5.75 Å². The van der Waals surface area contributed by atoms with Gasteiger partial charge in [-0.05, 0) is 5.75 Å². The van der Waals surface area contributed by atoms with Gasteiger partial charge in [-0.15, -0.1) is 0 Å². The summed E-state index contributed by atoms with van der Waals surface area (Å²) in [4.78, 5) is 28.1. The number of H-pyrrole nitrogens is 1. The summed E-state index contributed by atoms with van der Waals surface area (Å²) in [5.74, 6) is -0.227. The number of aromatic nitrogens is 2. The van der Waals surface area contributed by atoms with E-state index in [1.807, 2.05) is 6.92 Å². The van der Waals surface area contributed by atoms with Crippen molar-refractivity contribution in [1.82, 2.24) is 9.97 Å². The summed E-state index contributed by atoms with van der Waals surface area (Å²) in [5, 5.41) is 9.00. The first-order valence-electron chi connectivity index (χ1n) is 4.06. The molecule has 76 valence electrons. The Kier molecular flexibility index (Phi) is 3.70. The Morgan fingerprint density at radius 2 is 2.43 bits per heavy atom. The molecule has 0 aromatic carbocycles. The van der Waals surface area contributed by atoms with E-state index in [1.165, 1.54) is 18.0 Å². The van der Waals surface area contributed by atoms with Gasteiger partial charge in [0.25, 0.3) is 5.56 Å². The number of hydrogen-bond donors (Lipinski definition) is 2. The summed E-state index contributed by atoms with van der Waals surface area (Å²) in [5.41, 5.74) is -0.198. The molecular formula is C8H10N2O3S. The Labute approximate surface area is 84.6 Å². The fourth-order valence-electron chi connectivity index (χ4n) is 0.904. The molecule has 2 N–H and O–H groups in total. The molecule has 0 aliphatic rings. The molecule has 0 spiro atoms. The Hall–Kier alpha value is -1.30. The Morgan fingerprint density at radius 3 is 2.93 bits per heavy atom. The van der Waals surface area contributed by atoms with Crippen molar-refractivity contribution in [3.8, 4) is 0 Å². The van der Waals surface area contributed by atoms with Gasteiger partial charge in [0, 0.05) is 11.8 Å². The number of carboxylic acids is 1. The van der Waals surface area contributed by atoms with Gasteiger partial charge < -0.3 is 10.1 Å². The Balaban J connectivity index is 2.90. The molecule has 0 bridgehead atoms. The van der Waals surface area contributed by atoms with Crippen molar-refractivity contribution in [3.05, 3.63) is 22.1 Å². The second-order valence-corrected chi connectivity index (χ2v) is 3.80. The van der Waals surface area contributed by atoms with Crippen LogP contribution in [0.2, 0.25) is 0 Å². The largest absolute Gasteiger partial charge is 0.481 e. The first kappa shape index (κ1) is 10.8. The summed E-state index contributed by atoms with van der Waals surface area (Å²) in [6, 6.07) is 0. The smallest absolute Gasteiger partial charge is 0.308 e. The van der Waals surface area contributed by atoms with Crippen LogP contribution in [0.1, 0.15) is 12.5 Å². The van der Waals surface area contributed by atoms with Gasteiger partial charge in [-0.1, -0.05) is 18.7 Å². The van der Waals surface area contributed by atoms with E-state index in [1.54, 1.807) is 0 Å². The topological polar surface area (TPSA) is 83.0 Å². The molecule has 0 atom stereocenters. The number of nitrogens with zero attached hydrogens (tertiary/aromatic N) is 1. The molecule has 0 unspecified atom stereocenters. The highest BCUT2D eigenvalue weighted by atomic mass is 32.2. The van der Waals surface area contributed by atoms with Crippen molar-refractivity contribution >= 4 is 17.7 Å². The maximum Gasteiger partial charge on any atom is 0.308 e. The number of thioether (sulfide) groups is 1. The molecule has 0 aliphatic heterocycles. The molecule has 1 heterocycles. The lowest BCUT2D eigenvalue weighted by Crippen LogP contribution is -2.17. The van der Waals surface area contributed by atoms with Crippen LogP contribution in [0.25, 0.3) is 0 Å². The molecular weight excluding hydrogens is 204 g/mol. The highest BCUT2D eigenvalue weighted by Crippen LogP contribution is 2.08. The summed E-state index contributed by atoms with van der Waals surface area (Å²) in [6.45, 7) is 1.94. The van der Waals surface area contributed by atoms with Crippen LogP contribution < -0.4 is 5.56 Å². The zero-order valence-corrected chi connectivity index (χ0v) is 8.43. The standard InChI is InChI=1S/C8H10N2O3S/c1-2-14-8-9-4-5(3-6(11)12)7(13)10-8/h4H,2-3H2,1H3,(H,11,12)(H,9,10,13). The molecule has 1 aromatic heterocycles. The molecule has 0 aliphatic carbocycles. The van der Waals surface area contributed by atoms with Crippen molar-refractivity contribution in [2.45, 2.75) is 18.5 Å². The maximum absolute atomic E-state index is 11.3. The van der Waals surface area contributed by atoms with Crippen LogP contribution in [0.15, 0.2) is 16.1 Å². The van der Waals surface area contributed by atoms with Gasteiger partial charge in [0.15, 0.2) is 5.16 Å². The van der Waals surface area contributed by atoms with E-state index in [-0.39, 0.29) is 17.5 Å². The average Bonchev–Trinajstić information content (AvgIpc) is 2.10. The maximum atomic E-state index is 11.3. The van der Waals surface area contributed by atoms with Gasteiger partial charge in [0.2, 0.25) is 0 Å². The van der Waals surface area contributed by atoms with Crippen LogP contribution in [0.4, 0.5) is 0 Å². The van der Waals surface area contributed by atoms with E-state index in [9.17, 15) is 9.59 Å². The Bertz CT molecular complexity index is 388. The third-order valence-corrected chi connectivity index (χ3v) is 2.24. The van der Waals surface area contributed by atoms with Crippen molar-refractivity contribution < 1.29 is 9.90 Å². The van der Waals surface area contributed by atoms with Crippen molar-refractivity contribution in [2.75, 3.05) is 5.75 Å². The number of aromatic amines is 1. The average molecular weight is 214 g/mol. The minimum atomic E-state index is -1.03. The van der Waals surface area contributed by atoms with E-state index in [2.05, 4.69) is 9.97 Å². The van der Waals surface area contributed by atoms with Gasteiger partial charge in [-0.2, -0.15) is 0 Å². The monoisotopic (exact) mass is 214 g/mol. The molecule has 1 aromatic rings. The van der Waals surface area contributed by atoms with Crippen LogP contribution in [-0.2, 0) is 11.2 Å². The van der Waals surface area contributed by atoms with Crippen molar-refractivity contribution in [3.63, 3.8) is 0 Å². The molecule has 5 nitrogen and oxygen atoms in total. The predicted octanol–water partition coefficient (Wildman–Crippen LogP) is 0.509. The van der Waals surface area contributed by atoms with Gasteiger partial charge in [0.1, 0.15) is 0 Å². The molecule has 14 heavy (non-hydrogen) atoms. The molecule has 0 saturated carbocycles. The second kappa shape index (κ2) is 4.80. The fraction of sp³-hybridized carbons (Fsp3) is 0.375. The minimum absolute atomic E-state index is 0.179. The van der Waals surface area contributed by atoms with Crippen molar-refractivity contribution in [2.24, 2.45) is 0 Å². The quantitative estimate of drug-likeness (QED) is 0.563. The second-order valence-electron chi connectivity index (χ2n) is 2.55. The van der Waals surface area contributed by atoms with E-state index >= 15 is 0 Å². The first-order chi connectivity index (χ1) is 6.63. The predicted molar refractivity (Wildman–Crippen MR) is 52.6 cm³/mol. The number of carbonyl (C=O) groups is 1. The van der Waals surface area contributed by atoms with Gasteiger partial charge in [0.05, 0.1) is 6.42 Å². The van der Waals surface area contributed by atoms with Crippen LogP contribution >= 0.6 is 11.8 Å². The molecule has 0 fully saturated rings. The summed E-state index contributed by atoms with van der Waals surface area (Å²) in [7, 11) is 0. The van der Waals surface area contributed by atoms with E-state index in [4.69, 9.17) is 5.11 Å². The third-order valence-electron chi connectivity index (χ3n) is 1.47.